The Hall–Kier alpha value is -3.87. The van der Waals surface area contributed by atoms with E-state index in [1.807, 2.05) is 30.5 Å². The van der Waals surface area contributed by atoms with Crippen LogP contribution in [0.4, 0.5) is 10.1 Å². The molecule has 0 fully saturated rings. The molecule has 30 heavy (non-hydrogen) atoms. The first-order valence-electron chi connectivity index (χ1n) is 9.55. The van der Waals surface area contributed by atoms with Gasteiger partial charge in [-0.25, -0.2) is 4.39 Å². The Morgan fingerprint density at radius 3 is 2.63 bits per heavy atom. The summed E-state index contributed by atoms with van der Waals surface area (Å²) < 4.78 is 19.6. The summed E-state index contributed by atoms with van der Waals surface area (Å²) in [5.41, 5.74) is 2.07. The van der Waals surface area contributed by atoms with Crippen LogP contribution in [0, 0.1) is 5.82 Å². The molecule has 2 N–H and O–H groups in total. The van der Waals surface area contributed by atoms with Crippen molar-refractivity contribution in [3.05, 3.63) is 90.3 Å². The Balaban J connectivity index is 1.45. The van der Waals surface area contributed by atoms with Crippen LogP contribution in [0.2, 0.25) is 0 Å². The number of amides is 2. The van der Waals surface area contributed by atoms with Crippen LogP contribution >= 0.6 is 0 Å². The predicted octanol–water partition coefficient (Wildman–Crippen LogP) is 3.79. The standard InChI is InChI=1S/C23H20FN3O3/c24-19-8-2-4-10-21(19)27(15-17-6-5-13-30-17)23(29)22(28)25-12-11-16-14-26-20-9-3-1-7-18(16)20/h1-10,13-14,26H,11-12,15H2,(H,25,28). The van der Waals surface area contributed by atoms with Crippen LogP contribution in [0.15, 0.2) is 77.5 Å². The monoisotopic (exact) mass is 405 g/mol. The summed E-state index contributed by atoms with van der Waals surface area (Å²) in [6.45, 7) is 0.223. The van der Waals surface area contributed by atoms with Crippen LogP contribution in [0.5, 0.6) is 0 Å². The molecule has 0 atom stereocenters. The van der Waals surface area contributed by atoms with Crippen LogP contribution in [-0.4, -0.2) is 23.3 Å². The average Bonchev–Trinajstić information content (AvgIpc) is 3.42. The third-order valence-corrected chi connectivity index (χ3v) is 4.83. The van der Waals surface area contributed by atoms with Gasteiger partial charge in [0.15, 0.2) is 0 Å². The molecular formula is C23H20FN3O3. The largest absolute Gasteiger partial charge is 0.467 e. The molecule has 2 aromatic carbocycles. The first kappa shape index (κ1) is 19.4. The van der Waals surface area contributed by atoms with Gasteiger partial charge in [0.05, 0.1) is 18.5 Å². The van der Waals surface area contributed by atoms with Gasteiger partial charge in [-0.1, -0.05) is 30.3 Å². The number of anilines is 1. The van der Waals surface area contributed by atoms with Gasteiger partial charge < -0.3 is 14.7 Å². The number of hydrogen-bond acceptors (Lipinski definition) is 3. The van der Waals surface area contributed by atoms with Crippen LogP contribution in [-0.2, 0) is 22.6 Å². The van der Waals surface area contributed by atoms with Crippen LogP contribution < -0.4 is 10.2 Å². The third-order valence-electron chi connectivity index (χ3n) is 4.83. The Kier molecular flexibility index (Phi) is 5.61. The minimum atomic E-state index is -0.851. The molecule has 2 amide bonds. The molecule has 0 unspecified atom stereocenters. The van der Waals surface area contributed by atoms with E-state index in [1.165, 1.54) is 24.5 Å². The van der Waals surface area contributed by atoms with Gasteiger partial charge in [-0.3, -0.25) is 14.5 Å². The van der Waals surface area contributed by atoms with Gasteiger partial charge in [0.1, 0.15) is 11.6 Å². The smallest absolute Gasteiger partial charge is 0.316 e. The number of carbonyl (C=O) groups excluding carboxylic acids is 2. The van der Waals surface area contributed by atoms with Crippen LogP contribution in [0.25, 0.3) is 10.9 Å². The molecular weight excluding hydrogens is 385 g/mol. The molecule has 0 saturated heterocycles. The van der Waals surface area contributed by atoms with Crippen molar-refractivity contribution in [2.75, 3.05) is 11.4 Å². The number of rotatable bonds is 6. The lowest BCUT2D eigenvalue weighted by Crippen LogP contribution is -2.43. The van der Waals surface area contributed by atoms with E-state index in [4.69, 9.17) is 4.42 Å². The number of fused-ring (bicyclic) bond motifs is 1. The number of nitrogens with zero attached hydrogens (tertiary/aromatic N) is 1. The fourth-order valence-corrected chi connectivity index (χ4v) is 3.34. The minimum Gasteiger partial charge on any atom is -0.467 e. The first-order valence-corrected chi connectivity index (χ1v) is 9.55. The van der Waals surface area contributed by atoms with Gasteiger partial charge >= 0.3 is 11.8 Å². The number of halogens is 1. The number of aromatic nitrogens is 1. The Morgan fingerprint density at radius 2 is 1.83 bits per heavy atom. The number of hydrogen-bond donors (Lipinski definition) is 2. The summed E-state index contributed by atoms with van der Waals surface area (Å²) in [6, 6.07) is 17.0. The van der Waals surface area contributed by atoms with E-state index in [-0.39, 0.29) is 18.8 Å². The average molecular weight is 405 g/mol. The lowest BCUT2D eigenvalue weighted by molar-refractivity contribution is -0.137. The summed E-state index contributed by atoms with van der Waals surface area (Å²) >= 11 is 0. The molecule has 0 aliphatic carbocycles. The van der Waals surface area contributed by atoms with Gasteiger partial charge in [-0.05, 0) is 42.3 Å². The second-order valence-corrected chi connectivity index (χ2v) is 6.79. The Bertz CT molecular complexity index is 1170. The molecule has 0 spiro atoms. The second kappa shape index (κ2) is 8.65. The molecule has 4 rings (SSSR count). The predicted molar refractivity (Wildman–Crippen MR) is 111 cm³/mol. The summed E-state index contributed by atoms with van der Waals surface area (Å²) in [6.07, 6.45) is 3.91. The van der Waals surface area contributed by atoms with Crippen molar-refractivity contribution in [3.63, 3.8) is 0 Å². The zero-order chi connectivity index (χ0) is 20.9. The third kappa shape index (κ3) is 4.10. The maximum absolute atomic E-state index is 14.3. The zero-order valence-electron chi connectivity index (χ0n) is 16.1. The quantitative estimate of drug-likeness (QED) is 0.479. The number of H-pyrrole nitrogens is 1. The van der Waals surface area contributed by atoms with E-state index in [0.717, 1.165) is 21.4 Å². The Labute approximate surface area is 172 Å². The summed E-state index contributed by atoms with van der Waals surface area (Å²) in [4.78, 5) is 29.6. The fourth-order valence-electron chi connectivity index (χ4n) is 3.34. The summed E-state index contributed by atoms with van der Waals surface area (Å²) in [7, 11) is 0. The molecule has 6 nitrogen and oxygen atoms in total. The van der Waals surface area contributed by atoms with Crippen molar-refractivity contribution < 1.29 is 18.4 Å². The van der Waals surface area contributed by atoms with Gasteiger partial charge in [0, 0.05) is 23.6 Å². The van der Waals surface area contributed by atoms with Crippen molar-refractivity contribution >= 4 is 28.4 Å². The van der Waals surface area contributed by atoms with E-state index >= 15 is 0 Å². The first-order chi connectivity index (χ1) is 14.6. The van der Waals surface area contributed by atoms with Gasteiger partial charge in [0.2, 0.25) is 0 Å². The van der Waals surface area contributed by atoms with Crippen LogP contribution in [0.1, 0.15) is 11.3 Å². The molecule has 7 heteroatoms. The van der Waals surface area contributed by atoms with Crippen LogP contribution in [0.3, 0.4) is 0 Å². The number of benzene rings is 2. The lowest BCUT2D eigenvalue weighted by Gasteiger charge is -2.21. The van der Waals surface area contributed by atoms with Crippen molar-refractivity contribution in [2.24, 2.45) is 0 Å². The molecule has 0 bridgehead atoms. The fraction of sp³-hybridized carbons (Fsp3) is 0.130. The lowest BCUT2D eigenvalue weighted by atomic mass is 10.1. The van der Waals surface area contributed by atoms with E-state index in [0.29, 0.717) is 12.2 Å². The highest BCUT2D eigenvalue weighted by Gasteiger charge is 2.26. The number of carbonyl (C=O) groups is 2. The summed E-state index contributed by atoms with van der Waals surface area (Å²) in [5.74, 6) is -1.80. The molecule has 0 saturated carbocycles. The maximum Gasteiger partial charge on any atom is 0.316 e. The normalized spacial score (nSPS) is 10.8. The molecule has 152 valence electrons. The van der Waals surface area contributed by atoms with E-state index < -0.39 is 17.6 Å². The highest BCUT2D eigenvalue weighted by Crippen LogP contribution is 2.22. The van der Waals surface area contributed by atoms with Gasteiger partial charge in [-0.2, -0.15) is 0 Å². The minimum absolute atomic E-state index is 0.0191. The number of furan rings is 1. The SMILES string of the molecule is O=C(NCCc1c[nH]c2ccccc12)C(=O)N(Cc1ccco1)c1ccccc1F. The maximum atomic E-state index is 14.3. The van der Waals surface area contributed by atoms with E-state index in [9.17, 15) is 14.0 Å². The molecule has 0 radical (unpaired) electrons. The van der Waals surface area contributed by atoms with E-state index in [1.54, 1.807) is 18.2 Å². The highest BCUT2D eigenvalue weighted by atomic mass is 19.1. The van der Waals surface area contributed by atoms with E-state index in [2.05, 4.69) is 10.3 Å². The second-order valence-electron chi connectivity index (χ2n) is 6.79. The number of nitrogens with one attached hydrogen (secondary N) is 2. The Morgan fingerprint density at radius 1 is 1.03 bits per heavy atom. The molecule has 0 aliphatic heterocycles. The topological polar surface area (TPSA) is 78.3 Å². The highest BCUT2D eigenvalue weighted by molar-refractivity contribution is 6.40. The molecule has 2 heterocycles. The van der Waals surface area contributed by atoms with Crippen molar-refractivity contribution in [2.45, 2.75) is 13.0 Å². The molecule has 2 aromatic heterocycles. The number of para-hydroxylation sites is 2. The van der Waals surface area contributed by atoms with Crippen molar-refractivity contribution in [3.8, 4) is 0 Å². The molecule has 0 aliphatic rings. The molecule has 4 aromatic rings. The van der Waals surface area contributed by atoms with Crippen molar-refractivity contribution in [1.82, 2.24) is 10.3 Å². The summed E-state index contributed by atoms with van der Waals surface area (Å²) in [5, 5.41) is 3.71. The van der Waals surface area contributed by atoms with Crippen molar-refractivity contribution in [1.29, 1.82) is 0 Å². The zero-order valence-corrected chi connectivity index (χ0v) is 16.1. The number of aromatic amines is 1. The van der Waals surface area contributed by atoms with Gasteiger partial charge in [0.25, 0.3) is 0 Å². The van der Waals surface area contributed by atoms with Gasteiger partial charge in [-0.15, -0.1) is 0 Å².